The number of piperazine rings is 1. The second-order valence-electron chi connectivity index (χ2n) is 8.22. The molecule has 158 valence electrons. The van der Waals surface area contributed by atoms with E-state index in [1.807, 2.05) is 35.5 Å². The molecule has 2 aromatic rings. The van der Waals surface area contributed by atoms with E-state index in [0.717, 1.165) is 45.4 Å². The number of nitrogens with zero attached hydrogens (tertiary/aromatic N) is 3. The topological polar surface area (TPSA) is 65.5 Å². The predicted molar refractivity (Wildman–Crippen MR) is 116 cm³/mol. The molecule has 2 aliphatic heterocycles. The van der Waals surface area contributed by atoms with Crippen molar-refractivity contribution in [1.82, 2.24) is 20.1 Å². The number of rotatable bonds is 6. The van der Waals surface area contributed by atoms with E-state index in [1.54, 1.807) is 0 Å². The fraction of sp³-hybridized carbons (Fsp3) is 0.458. The highest BCUT2D eigenvalue weighted by molar-refractivity contribution is 5.88. The highest BCUT2D eigenvalue weighted by Gasteiger charge is 2.33. The maximum Gasteiger partial charge on any atom is 0.237 e. The molecule has 2 aliphatic rings. The minimum Gasteiger partial charge on any atom is -0.353 e. The van der Waals surface area contributed by atoms with Gasteiger partial charge in [0.1, 0.15) is 0 Å². The molecule has 1 atom stereocenters. The zero-order chi connectivity index (χ0) is 20.8. The average molecular weight is 407 g/mol. The number of carbonyl (C=O) groups excluding carboxylic acids is 2. The third-order valence-electron chi connectivity index (χ3n) is 6.37. The Bertz CT molecular complexity index is 835. The van der Waals surface area contributed by atoms with Crippen LogP contribution in [0.2, 0.25) is 0 Å². The van der Waals surface area contributed by atoms with Gasteiger partial charge in [-0.3, -0.25) is 19.5 Å². The maximum absolute atomic E-state index is 13.0. The van der Waals surface area contributed by atoms with Crippen LogP contribution in [0.5, 0.6) is 0 Å². The number of likely N-dealkylation sites (tertiary alicyclic amines) is 1. The van der Waals surface area contributed by atoms with Gasteiger partial charge in [0.2, 0.25) is 11.8 Å². The highest BCUT2D eigenvalue weighted by atomic mass is 16.2. The summed E-state index contributed by atoms with van der Waals surface area (Å²) in [5.74, 6) is 0.557. The Labute approximate surface area is 178 Å². The molecule has 2 fully saturated rings. The quantitative estimate of drug-likeness (QED) is 0.799. The first-order valence-electron chi connectivity index (χ1n) is 10.9. The molecule has 0 bridgehead atoms. The number of benzene rings is 1. The van der Waals surface area contributed by atoms with E-state index in [0.29, 0.717) is 12.5 Å². The van der Waals surface area contributed by atoms with Crippen molar-refractivity contribution in [3.8, 4) is 0 Å². The van der Waals surface area contributed by atoms with Crippen LogP contribution in [0.25, 0.3) is 0 Å². The molecule has 6 heteroatoms. The molecule has 1 aromatic heterocycles. The maximum atomic E-state index is 13.0. The Kier molecular flexibility index (Phi) is 6.74. The molecule has 2 saturated heterocycles. The fourth-order valence-corrected chi connectivity index (χ4v) is 4.56. The van der Waals surface area contributed by atoms with Crippen LogP contribution in [0.1, 0.15) is 36.3 Å². The molecule has 0 radical (unpaired) electrons. The smallest absolute Gasteiger partial charge is 0.237 e. The van der Waals surface area contributed by atoms with Crippen molar-refractivity contribution in [3.63, 3.8) is 0 Å². The van der Waals surface area contributed by atoms with Crippen molar-refractivity contribution in [3.05, 3.63) is 66.0 Å². The first-order chi connectivity index (χ1) is 14.7. The molecule has 0 spiro atoms. The number of hydrogen-bond acceptors (Lipinski definition) is 4. The Hall–Kier alpha value is -2.73. The van der Waals surface area contributed by atoms with Gasteiger partial charge in [-0.1, -0.05) is 30.3 Å². The van der Waals surface area contributed by atoms with E-state index in [2.05, 4.69) is 39.5 Å². The normalized spacial score (nSPS) is 20.7. The largest absolute Gasteiger partial charge is 0.353 e. The van der Waals surface area contributed by atoms with Gasteiger partial charge in [0, 0.05) is 45.1 Å². The summed E-state index contributed by atoms with van der Waals surface area (Å²) in [5, 5.41) is 2.94. The lowest BCUT2D eigenvalue weighted by atomic mass is 9.90. The van der Waals surface area contributed by atoms with Gasteiger partial charge < -0.3 is 10.2 Å². The van der Waals surface area contributed by atoms with E-state index in [4.69, 9.17) is 0 Å². The minimum atomic E-state index is -0.368. The van der Waals surface area contributed by atoms with Crippen LogP contribution in [0.3, 0.4) is 0 Å². The summed E-state index contributed by atoms with van der Waals surface area (Å²) in [5.41, 5.74) is 2.56. The molecule has 6 nitrogen and oxygen atoms in total. The number of nitrogens with one attached hydrogen (secondary N) is 1. The molecule has 4 rings (SSSR count). The SMILES string of the molecule is O=C1NCCN(CCc2ccccc2)[C@H]1CC(=O)N1CCC(c2ccncc2)CC1. The summed E-state index contributed by atoms with van der Waals surface area (Å²) in [6, 6.07) is 14.1. The number of piperidine rings is 1. The molecular formula is C24H30N4O2. The first-order valence-corrected chi connectivity index (χ1v) is 10.9. The van der Waals surface area contributed by atoms with Crippen molar-refractivity contribution in [2.45, 2.75) is 37.6 Å². The van der Waals surface area contributed by atoms with Gasteiger partial charge in [-0.05, 0) is 48.4 Å². The van der Waals surface area contributed by atoms with Gasteiger partial charge in [0.15, 0.2) is 0 Å². The van der Waals surface area contributed by atoms with Crippen molar-refractivity contribution in [2.75, 3.05) is 32.7 Å². The van der Waals surface area contributed by atoms with E-state index in [1.165, 1.54) is 11.1 Å². The van der Waals surface area contributed by atoms with Crippen molar-refractivity contribution in [1.29, 1.82) is 0 Å². The summed E-state index contributed by atoms with van der Waals surface area (Å²) in [6.07, 6.45) is 6.74. The van der Waals surface area contributed by atoms with Crippen LogP contribution in [0.15, 0.2) is 54.9 Å². The van der Waals surface area contributed by atoms with Gasteiger partial charge in [-0.2, -0.15) is 0 Å². The number of hydrogen-bond donors (Lipinski definition) is 1. The second-order valence-corrected chi connectivity index (χ2v) is 8.22. The third kappa shape index (κ3) is 5.05. The Balaban J connectivity index is 1.32. The lowest BCUT2D eigenvalue weighted by Crippen LogP contribution is -2.57. The summed E-state index contributed by atoms with van der Waals surface area (Å²) < 4.78 is 0. The zero-order valence-electron chi connectivity index (χ0n) is 17.4. The molecular weight excluding hydrogens is 376 g/mol. The van der Waals surface area contributed by atoms with Crippen LogP contribution in [0.4, 0.5) is 0 Å². The molecule has 0 saturated carbocycles. The van der Waals surface area contributed by atoms with Crippen molar-refractivity contribution < 1.29 is 9.59 Å². The standard InChI is InChI=1S/C24H30N4O2/c29-23(28-15-9-21(10-16-28)20-6-11-25-12-7-20)18-22-24(30)26-13-17-27(22)14-8-19-4-2-1-3-5-19/h1-7,11-12,21-22H,8-10,13-18H2,(H,26,30)/t22-/m0/s1. The van der Waals surface area contributed by atoms with E-state index < -0.39 is 0 Å². The Morgan fingerprint density at radius 3 is 2.50 bits per heavy atom. The van der Waals surface area contributed by atoms with Gasteiger partial charge in [0.05, 0.1) is 12.5 Å². The number of carbonyl (C=O) groups is 2. The number of aromatic nitrogens is 1. The van der Waals surface area contributed by atoms with Crippen molar-refractivity contribution >= 4 is 11.8 Å². The zero-order valence-corrected chi connectivity index (χ0v) is 17.4. The van der Waals surface area contributed by atoms with Crippen LogP contribution >= 0.6 is 0 Å². The van der Waals surface area contributed by atoms with Crippen LogP contribution in [-0.4, -0.2) is 65.4 Å². The van der Waals surface area contributed by atoms with Crippen LogP contribution in [-0.2, 0) is 16.0 Å². The van der Waals surface area contributed by atoms with E-state index in [-0.39, 0.29) is 24.3 Å². The fourth-order valence-electron chi connectivity index (χ4n) is 4.56. The molecule has 1 aromatic carbocycles. The molecule has 0 aliphatic carbocycles. The van der Waals surface area contributed by atoms with Gasteiger partial charge in [-0.25, -0.2) is 0 Å². The van der Waals surface area contributed by atoms with E-state index in [9.17, 15) is 9.59 Å². The van der Waals surface area contributed by atoms with Crippen LogP contribution in [0, 0.1) is 0 Å². The van der Waals surface area contributed by atoms with Crippen molar-refractivity contribution in [2.24, 2.45) is 0 Å². The van der Waals surface area contributed by atoms with E-state index >= 15 is 0 Å². The monoisotopic (exact) mass is 406 g/mol. The lowest BCUT2D eigenvalue weighted by molar-refractivity contribution is -0.139. The average Bonchev–Trinajstić information content (AvgIpc) is 2.81. The van der Waals surface area contributed by atoms with Crippen LogP contribution < -0.4 is 5.32 Å². The second kappa shape index (κ2) is 9.85. The molecule has 30 heavy (non-hydrogen) atoms. The lowest BCUT2D eigenvalue weighted by Gasteiger charge is -2.37. The predicted octanol–water partition coefficient (Wildman–Crippen LogP) is 2.22. The third-order valence-corrected chi connectivity index (χ3v) is 6.37. The molecule has 1 N–H and O–H groups in total. The summed E-state index contributed by atoms with van der Waals surface area (Å²) in [6.45, 7) is 3.74. The number of amides is 2. The first kappa shape index (κ1) is 20.5. The highest BCUT2D eigenvalue weighted by Crippen LogP contribution is 2.28. The van der Waals surface area contributed by atoms with Gasteiger partial charge in [0.25, 0.3) is 0 Å². The molecule has 2 amide bonds. The Morgan fingerprint density at radius 2 is 1.77 bits per heavy atom. The molecule has 3 heterocycles. The van der Waals surface area contributed by atoms with Gasteiger partial charge >= 0.3 is 0 Å². The molecule has 0 unspecified atom stereocenters. The minimum absolute atomic E-state index is 0.0191. The summed E-state index contributed by atoms with van der Waals surface area (Å²) >= 11 is 0. The summed E-state index contributed by atoms with van der Waals surface area (Å²) in [4.78, 5) is 33.7. The van der Waals surface area contributed by atoms with Gasteiger partial charge in [-0.15, -0.1) is 0 Å². The number of pyridine rings is 1. The summed E-state index contributed by atoms with van der Waals surface area (Å²) in [7, 11) is 0. The Morgan fingerprint density at radius 1 is 1.03 bits per heavy atom.